The Kier molecular flexibility index (Phi) is 5.89. The Bertz CT molecular complexity index is 736. The summed E-state index contributed by atoms with van der Waals surface area (Å²) >= 11 is 0. The van der Waals surface area contributed by atoms with E-state index in [4.69, 9.17) is 4.74 Å². The van der Waals surface area contributed by atoms with Crippen molar-refractivity contribution in [2.45, 2.75) is 25.7 Å². The number of para-hydroxylation sites is 1. The molecule has 0 saturated heterocycles. The second kappa shape index (κ2) is 8.52. The number of ether oxygens (including phenoxy) is 1. The third-order valence-electron chi connectivity index (χ3n) is 4.87. The van der Waals surface area contributed by atoms with E-state index in [0.29, 0.717) is 0 Å². The number of carbonyl (C=O) groups excluding carboxylic acids is 2. The smallest absolute Gasteiger partial charge is 0.227 e. The van der Waals surface area contributed by atoms with Gasteiger partial charge in [-0.1, -0.05) is 18.2 Å². The highest BCUT2D eigenvalue weighted by Gasteiger charge is 2.30. The molecule has 0 radical (unpaired) electrons. The number of anilines is 2. The molecule has 0 bridgehead atoms. The van der Waals surface area contributed by atoms with Crippen molar-refractivity contribution in [2.75, 3.05) is 17.7 Å². The molecule has 1 aliphatic carbocycles. The molecule has 0 heterocycles. The highest BCUT2D eigenvalue weighted by molar-refractivity contribution is 5.94. The number of amides is 2. The van der Waals surface area contributed by atoms with Gasteiger partial charge >= 0.3 is 0 Å². The molecular formula is C21H24N2O3. The van der Waals surface area contributed by atoms with Crippen molar-refractivity contribution in [2.24, 2.45) is 11.8 Å². The average Bonchev–Trinajstić information content (AvgIpc) is 2.69. The summed E-state index contributed by atoms with van der Waals surface area (Å²) < 4.78 is 5.12. The van der Waals surface area contributed by atoms with Crippen LogP contribution in [0.5, 0.6) is 5.75 Å². The summed E-state index contributed by atoms with van der Waals surface area (Å²) in [5.41, 5.74) is 1.58. The van der Waals surface area contributed by atoms with Gasteiger partial charge in [-0.05, 0) is 62.1 Å². The first-order valence-electron chi connectivity index (χ1n) is 8.96. The first kappa shape index (κ1) is 18.0. The largest absolute Gasteiger partial charge is 0.497 e. The second-order valence-corrected chi connectivity index (χ2v) is 6.62. The van der Waals surface area contributed by atoms with Crippen LogP contribution in [0.2, 0.25) is 0 Å². The monoisotopic (exact) mass is 352 g/mol. The molecule has 2 aromatic carbocycles. The fourth-order valence-corrected chi connectivity index (χ4v) is 3.30. The number of carbonyl (C=O) groups is 2. The van der Waals surface area contributed by atoms with E-state index in [1.807, 2.05) is 54.6 Å². The molecule has 1 fully saturated rings. The van der Waals surface area contributed by atoms with Crippen molar-refractivity contribution in [3.8, 4) is 5.75 Å². The molecule has 0 atom stereocenters. The second-order valence-electron chi connectivity index (χ2n) is 6.62. The number of hydrogen-bond donors (Lipinski definition) is 2. The summed E-state index contributed by atoms with van der Waals surface area (Å²) in [6.45, 7) is 0. The first-order valence-corrected chi connectivity index (χ1v) is 8.96. The van der Waals surface area contributed by atoms with Crippen molar-refractivity contribution in [3.05, 3.63) is 54.6 Å². The van der Waals surface area contributed by atoms with Crippen LogP contribution in [0, 0.1) is 11.8 Å². The van der Waals surface area contributed by atoms with Gasteiger partial charge in [0.25, 0.3) is 0 Å². The van der Waals surface area contributed by atoms with Crippen LogP contribution in [0.15, 0.2) is 54.6 Å². The number of rotatable bonds is 5. The van der Waals surface area contributed by atoms with Gasteiger partial charge in [0.15, 0.2) is 0 Å². The Morgan fingerprint density at radius 3 is 1.69 bits per heavy atom. The Morgan fingerprint density at radius 1 is 0.769 bits per heavy atom. The number of nitrogens with one attached hydrogen (secondary N) is 2. The SMILES string of the molecule is COc1ccc(NC(=O)C2CCC(C(=O)Nc3ccccc3)CC2)cc1. The molecule has 2 aromatic rings. The lowest BCUT2D eigenvalue weighted by Crippen LogP contribution is -2.31. The minimum absolute atomic E-state index is 0.0251. The van der Waals surface area contributed by atoms with Crippen LogP contribution in [-0.4, -0.2) is 18.9 Å². The van der Waals surface area contributed by atoms with Gasteiger partial charge < -0.3 is 15.4 Å². The molecule has 136 valence electrons. The lowest BCUT2D eigenvalue weighted by Gasteiger charge is -2.27. The molecule has 3 rings (SSSR count). The Hall–Kier alpha value is -2.82. The van der Waals surface area contributed by atoms with Crippen molar-refractivity contribution < 1.29 is 14.3 Å². The predicted molar refractivity (Wildman–Crippen MR) is 102 cm³/mol. The van der Waals surface area contributed by atoms with E-state index in [1.54, 1.807) is 7.11 Å². The van der Waals surface area contributed by atoms with Gasteiger partial charge in [0.1, 0.15) is 5.75 Å². The lowest BCUT2D eigenvalue weighted by atomic mass is 9.81. The summed E-state index contributed by atoms with van der Waals surface area (Å²) in [7, 11) is 1.61. The molecule has 2 amide bonds. The van der Waals surface area contributed by atoms with Gasteiger partial charge in [0, 0.05) is 23.2 Å². The highest BCUT2D eigenvalue weighted by Crippen LogP contribution is 2.30. The van der Waals surface area contributed by atoms with Crippen LogP contribution >= 0.6 is 0 Å². The first-order chi connectivity index (χ1) is 12.7. The Balaban J connectivity index is 1.48. The average molecular weight is 352 g/mol. The predicted octanol–water partition coefficient (Wildman–Crippen LogP) is 4.08. The zero-order chi connectivity index (χ0) is 18.4. The van der Waals surface area contributed by atoms with Gasteiger partial charge in [0.2, 0.25) is 11.8 Å². The van der Waals surface area contributed by atoms with Gasteiger partial charge in [-0.3, -0.25) is 9.59 Å². The molecular weight excluding hydrogens is 328 g/mol. The summed E-state index contributed by atoms with van der Waals surface area (Å²) in [6.07, 6.45) is 2.93. The van der Waals surface area contributed by atoms with Crippen molar-refractivity contribution in [3.63, 3.8) is 0 Å². The Morgan fingerprint density at radius 2 is 1.23 bits per heavy atom. The van der Waals surface area contributed by atoms with E-state index in [1.165, 1.54) is 0 Å². The molecule has 1 aliphatic rings. The normalized spacial score (nSPS) is 19.4. The van der Waals surface area contributed by atoms with Gasteiger partial charge in [-0.25, -0.2) is 0 Å². The zero-order valence-corrected chi connectivity index (χ0v) is 14.9. The van der Waals surface area contributed by atoms with E-state index >= 15 is 0 Å². The fourth-order valence-electron chi connectivity index (χ4n) is 3.30. The summed E-state index contributed by atoms with van der Waals surface area (Å²) in [5.74, 6) is 0.758. The van der Waals surface area contributed by atoms with Crippen LogP contribution in [0.3, 0.4) is 0 Å². The number of benzene rings is 2. The van der Waals surface area contributed by atoms with Crippen molar-refractivity contribution >= 4 is 23.2 Å². The minimum atomic E-state index is -0.0436. The molecule has 0 aromatic heterocycles. The summed E-state index contributed by atoms with van der Waals surface area (Å²) in [5, 5.41) is 5.91. The maximum atomic E-state index is 12.4. The quantitative estimate of drug-likeness (QED) is 0.852. The third-order valence-corrected chi connectivity index (χ3v) is 4.87. The van der Waals surface area contributed by atoms with Gasteiger partial charge in [0.05, 0.1) is 7.11 Å². The van der Waals surface area contributed by atoms with E-state index in [9.17, 15) is 9.59 Å². The number of hydrogen-bond acceptors (Lipinski definition) is 3. The lowest BCUT2D eigenvalue weighted by molar-refractivity contribution is -0.125. The fraction of sp³-hybridized carbons (Fsp3) is 0.333. The van der Waals surface area contributed by atoms with Crippen LogP contribution in [-0.2, 0) is 9.59 Å². The van der Waals surface area contributed by atoms with Crippen LogP contribution < -0.4 is 15.4 Å². The standard InChI is InChI=1S/C21H24N2O3/c1-26-19-13-11-18(12-14-19)23-21(25)16-9-7-15(8-10-16)20(24)22-17-5-3-2-4-6-17/h2-6,11-16H,7-10H2,1H3,(H,22,24)(H,23,25). The van der Waals surface area contributed by atoms with E-state index in [0.717, 1.165) is 42.8 Å². The molecule has 5 heteroatoms. The molecule has 0 aliphatic heterocycles. The molecule has 2 N–H and O–H groups in total. The maximum Gasteiger partial charge on any atom is 0.227 e. The van der Waals surface area contributed by atoms with E-state index in [-0.39, 0.29) is 23.7 Å². The highest BCUT2D eigenvalue weighted by atomic mass is 16.5. The van der Waals surface area contributed by atoms with E-state index < -0.39 is 0 Å². The maximum absolute atomic E-state index is 12.4. The molecule has 1 saturated carbocycles. The topological polar surface area (TPSA) is 67.4 Å². The molecule has 5 nitrogen and oxygen atoms in total. The van der Waals surface area contributed by atoms with Crippen molar-refractivity contribution in [1.29, 1.82) is 0 Å². The number of methoxy groups -OCH3 is 1. The Labute approximate surface area is 153 Å². The minimum Gasteiger partial charge on any atom is -0.497 e. The van der Waals surface area contributed by atoms with Crippen molar-refractivity contribution in [1.82, 2.24) is 0 Å². The molecule has 26 heavy (non-hydrogen) atoms. The van der Waals surface area contributed by atoms with Crippen LogP contribution in [0.1, 0.15) is 25.7 Å². The van der Waals surface area contributed by atoms with Gasteiger partial charge in [-0.2, -0.15) is 0 Å². The van der Waals surface area contributed by atoms with E-state index in [2.05, 4.69) is 10.6 Å². The van der Waals surface area contributed by atoms with Crippen LogP contribution in [0.25, 0.3) is 0 Å². The molecule has 0 unspecified atom stereocenters. The summed E-state index contributed by atoms with van der Waals surface area (Å²) in [6, 6.07) is 16.8. The van der Waals surface area contributed by atoms with Gasteiger partial charge in [-0.15, -0.1) is 0 Å². The zero-order valence-electron chi connectivity index (χ0n) is 14.9. The third kappa shape index (κ3) is 4.63. The molecule has 0 spiro atoms. The summed E-state index contributed by atoms with van der Waals surface area (Å²) in [4.78, 5) is 24.8. The van der Waals surface area contributed by atoms with Crippen LogP contribution in [0.4, 0.5) is 11.4 Å².